The topological polar surface area (TPSA) is 122 Å². The van der Waals surface area contributed by atoms with Gasteiger partial charge in [-0.2, -0.15) is 4.31 Å². The van der Waals surface area contributed by atoms with Gasteiger partial charge in [-0.1, -0.05) is 25.4 Å². The molecule has 0 unspecified atom stereocenters. The fraction of sp³-hybridized carbons (Fsp3) is 0.438. The van der Waals surface area contributed by atoms with E-state index in [0.717, 1.165) is 6.07 Å². The summed E-state index contributed by atoms with van der Waals surface area (Å²) in [5, 5.41) is 4.29. The summed E-state index contributed by atoms with van der Waals surface area (Å²) < 4.78 is 31.1. The number of amides is 3. The molecule has 2 N–H and O–H groups in total. The number of carbonyl (C=O) groups excluding carboxylic acids is 3. The summed E-state index contributed by atoms with van der Waals surface area (Å²) in [6, 6.07) is 2.93. The van der Waals surface area contributed by atoms with Crippen molar-refractivity contribution in [2.45, 2.75) is 25.7 Å². The Morgan fingerprint density at radius 2 is 1.78 bits per heavy atom. The number of ether oxygens (including phenoxy) is 1. The Labute approximate surface area is 163 Å². The van der Waals surface area contributed by atoms with E-state index in [2.05, 4.69) is 5.32 Å². The van der Waals surface area contributed by atoms with Gasteiger partial charge in [-0.15, -0.1) is 0 Å². The van der Waals surface area contributed by atoms with Gasteiger partial charge in [-0.25, -0.2) is 18.0 Å². The minimum atomic E-state index is -3.79. The Hall–Kier alpha value is -2.17. The van der Waals surface area contributed by atoms with E-state index >= 15 is 0 Å². The molecule has 0 saturated carbocycles. The predicted molar refractivity (Wildman–Crippen MR) is 99.1 cm³/mol. The second-order valence-electron chi connectivity index (χ2n) is 5.21. The first kappa shape index (κ1) is 22.9. The SMILES string of the molecule is CCNC(=O)NC(=O)COC(=O)c1cc(S(=O)(=O)N(CC)CC)ccc1Cl. The molecule has 1 aromatic rings. The van der Waals surface area contributed by atoms with E-state index in [-0.39, 0.29) is 28.6 Å². The Morgan fingerprint density at radius 1 is 1.15 bits per heavy atom. The highest BCUT2D eigenvalue weighted by Gasteiger charge is 2.24. The van der Waals surface area contributed by atoms with Crippen molar-refractivity contribution >= 4 is 39.5 Å². The van der Waals surface area contributed by atoms with Crippen LogP contribution in [-0.2, 0) is 19.6 Å². The van der Waals surface area contributed by atoms with Crippen LogP contribution in [0.15, 0.2) is 23.1 Å². The first-order chi connectivity index (χ1) is 12.7. The van der Waals surface area contributed by atoms with Gasteiger partial charge in [0, 0.05) is 19.6 Å². The van der Waals surface area contributed by atoms with Gasteiger partial charge < -0.3 is 10.1 Å². The second kappa shape index (κ2) is 10.2. The van der Waals surface area contributed by atoms with Crippen molar-refractivity contribution in [1.82, 2.24) is 14.9 Å². The third-order valence-electron chi connectivity index (χ3n) is 3.43. The average Bonchev–Trinajstić information content (AvgIpc) is 2.60. The molecule has 0 aliphatic heterocycles. The van der Waals surface area contributed by atoms with E-state index in [1.165, 1.54) is 16.4 Å². The molecule has 0 spiro atoms. The van der Waals surface area contributed by atoms with Crippen LogP contribution in [0.4, 0.5) is 4.79 Å². The van der Waals surface area contributed by atoms with Crippen molar-refractivity contribution in [2.24, 2.45) is 0 Å². The van der Waals surface area contributed by atoms with E-state index in [1.807, 2.05) is 5.32 Å². The molecule has 0 radical (unpaired) electrons. The summed E-state index contributed by atoms with van der Waals surface area (Å²) in [6.07, 6.45) is 0. The molecular weight excluding hydrogens is 398 g/mol. The molecule has 0 heterocycles. The first-order valence-electron chi connectivity index (χ1n) is 8.21. The molecule has 1 rings (SSSR count). The minimum absolute atomic E-state index is 0.0253. The molecule has 0 atom stereocenters. The first-order valence-corrected chi connectivity index (χ1v) is 10.0. The van der Waals surface area contributed by atoms with Gasteiger partial charge in [0.05, 0.1) is 15.5 Å². The van der Waals surface area contributed by atoms with Crippen LogP contribution in [0.1, 0.15) is 31.1 Å². The maximum atomic E-state index is 12.6. The normalized spacial score (nSPS) is 11.1. The van der Waals surface area contributed by atoms with Crippen molar-refractivity contribution < 1.29 is 27.5 Å². The summed E-state index contributed by atoms with van der Waals surface area (Å²) >= 11 is 5.96. The fourth-order valence-electron chi connectivity index (χ4n) is 2.11. The lowest BCUT2D eigenvalue weighted by Gasteiger charge is -2.19. The van der Waals surface area contributed by atoms with Gasteiger partial charge in [0.15, 0.2) is 6.61 Å². The van der Waals surface area contributed by atoms with Crippen LogP contribution in [0.25, 0.3) is 0 Å². The quantitative estimate of drug-likeness (QED) is 0.614. The van der Waals surface area contributed by atoms with Gasteiger partial charge in [0.1, 0.15) is 0 Å². The molecule has 0 aliphatic carbocycles. The number of urea groups is 1. The molecule has 0 aliphatic rings. The number of nitrogens with one attached hydrogen (secondary N) is 2. The van der Waals surface area contributed by atoms with Crippen LogP contribution in [-0.4, -0.2) is 56.9 Å². The van der Waals surface area contributed by atoms with E-state index in [1.54, 1.807) is 20.8 Å². The molecule has 0 fully saturated rings. The monoisotopic (exact) mass is 419 g/mol. The number of carbonyl (C=O) groups is 3. The van der Waals surface area contributed by atoms with E-state index in [4.69, 9.17) is 16.3 Å². The van der Waals surface area contributed by atoms with Crippen molar-refractivity contribution in [3.63, 3.8) is 0 Å². The van der Waals surface area contributed by atoms with Crippen LogP contribution in [0.3, 0.4) is 0 Å². The Morgan fingerprint density at radius 3 is 2.33 bits per heavy atom. The van der Waals surface area contributed by atoms with Gasteiger partial charge in [-0.3, -0.25) is 10.1 Å². The maximum Gasteiger partial charge on any atom is 0.340 e. The van der Waals surface area contributed by atoms with E-state index in [9.17, 15) is 22.8 Å². The number of benzene rings is 1. The van der Waals surface area contributed by atoms with Crippen molar-refractivity contribution in [3.8, 4) is 0 Å². The van der Waals surface area contributed by atoms with Gasteiger partial charge in [0.2, 0.25) is 10.0 Å². The zero-order valence-corrected chi connectivity index (χ0v) is 16.8. The zero-order chi connectivity index (χ0) is 20.6. The molecule has 11 heteroatoms. The number of imide groups is 1. The lowest BCUT2D eigenvalue weighted by atomic mass is 10.2. The van der Waals surface area contributed by atoms with E-state index < -0.39 is 34.5 Å². The van der Waals surface area contributed by atoms with Gasteiger partial charge >= 0.3 is 12.0 Å². The number of halogens is 1. The number of esters is 1. The highest BCUT2D eigenvalue weighted by molar-refractivity contribution is 7.89. The standard InChI is InChI=1S/C16H22ClN3O6S/c1-4-18-16(23)19-14(21)10-26-15(22)12-9-11(7-8-13(12)17)27(24,25)20(5-2)6-3/h7-9H,4-6,10H2,1-3H3,(H2,18,19,21,23). The van der Waals surface area contributed by atoms with Crippen molar-refractivity contribution in [1.29, 1.82) is 0 Å². The Balaban J connectivity index is 2.92. The van der Waals surface area contributed by atoms with Crippen LogP contribution >= 0.6 is 11.6 Å². The summed E-state index contributed by atoms with van der Waals surface area (Å²) in [4.78, 5) is 34.8. The number of hydrogen-bond donors (Lipinski definition) is 2. The summed E-state index contributed by atoms with van der Waals surface area (Å²) in [5.41, 5.74) is -0.198. The molecule has 3 amide bonds. The molecular formula is C16H22ClN3O6S. The maximum absolute atomic E-state index is 12.6. The third kappa shape index (κ3) is 6.19. The largest absolute Gasteiger partial charge is 0.452 e. The highest BCUT2D eigenvalue weighted by Crippen LogP contribution is 2.23. The number of hydrogen-bond acceptors (Lipinski definition) is 6. The summed E-state index contributed by atoms with van der Waals surface area (Å²) in [6.45, 7) is 5.19. The zero-order valence-electron chi connectivity index (χ0n) is 15.2. The Kier molecular flexibility index (Phi) is 8.67. The molecule has 27 heavy (non-hydrogen) atoms. The average molecular weight is 420 g/mol. The second-order valence-corrected chi connectivity index (χ2v) is 7.56. The third-order valence-corrected chi connectivity index (χ3v) is 5.80. The number of nitrogens with zero attached hydrogens (tertiary/aromatic N) is 1. The number of rotatable bonds is 8. The van der Waals surface area contributed by atoms with E-state index in [0.29, 0.717) is 6.54 Å². The Bertz CT molecular complexity index is 808. The van der Waals surface area contributed by atoms with Crippen LogP contribution in [0.5, 0.6) is 0 Å². The van der Waals surface area contributed by atoms with Crippen LogP contribution < -0.4 is 10.6 Å². The van der Waals surface area contributed by atoms with Gasteiger partial charge in [-0.05, 0) is 25.1 Å². The lowest BCUT2D eigenvalue weighted by molar-refractivity contribution is -0.123. The molecule has 0 saturated heterocycles. The summed E-state index contributed by atoms with van der Waals surface area (Å²) in [5.74, 6) is -1.82. The summed E-state index contributed by atoms with van der Waals surface area (Å²) in [7, 11) is -3.79. The minimum Gasteiger partial charge on any atom is -0.452 e. The molecule has 0 bridgehead atoms. The van der Waals surface area contributed by atoms with Crippen LogP contribution in [0.2, 0.25) is 5.02 Å². The molecule has 9 nitrogen and oxygen atoms in total. The molecule has 0 aromatic heterocycles. The smallest absolute Gasteiger partial charge is 0.340 e. The molecule has 150 valence electrons. The van der Waals surface area contributed by atoms with Crippen molar-refractivity contribution in [2.75, 3.05) is 26.2 Å². The number of sulfonamides is 1. The lowest BCUT2D eigenvalue weighted by Crippen LogP contribution is -2.41. The fourth-order valence-corrected chi connectivity index (χ4v) is 3.79. The predicted octanol–water partition coefficient (Wildman–Crippen LogP) is 1.37. The molecule has 1 aromatic carbocycles. The van der Waals surface area contributed by atoms with Crippen LogP contribution in [0, 0.1) is 0 Å². The van der Waals surface area contributed by atoms with Crippen molar-refractivity contribution in [3.05, 3.63) is 28.8 Å². The van der Waals surface area contributed by atoms with Gasteiger partial charge in [0.25, 0.3) is 5.91 Å². The highest BCUT2D eigenvalue weighted by atomic mass is 35.5.